The number of fused-ring (bicyclic) bond motifs is 1. The molecule has 0 atom stereocenters. The van der Waals surface area contributed by atoms with Gasteiger partial charge in [0.25, 0.3) is 0 Å². The Labute approximate surface area is 169 Å². The lowest BCUT2D eigenvalue weighted by atomic mass is 10.0. The van der Waals surface area contributed by atoms with Crippen LogP contribution in [0.3, 0.4) is 0 Å². The SMILES string of the molecule is CC(C)c1nc(NCCCN2CCOCC2)c2n[nH]c(=O)n2c1-c1ccccc1. The Kier molecular flexibility index (Phi) is 5.92. The maximum absolute atomic E-state index is 12.6. The highest BCUT2D eigenvalue weighted by molar-refractivity contribution is 5.72. The van der Waals surface area contributed by atoms with E-state index < -0.39 is 0 Å². The van der Waals surface area contributed by atoms with Crippen molar-refractivity contribution in [2.45, 2.75) is 26.2 Å². The molecular formula is C21H28N6O2. The van der Waals surface area contributed by atoms with Crippen LogP contribution < -0.4 is 11.0 Å². The topological polar surface area (TPSA) is 87.5 Å². The zero-order valence-corrected chi connectivity index (χ0v) is 17.0. The summed E-state index contributed by atoms with van der Waals surface area (Å²) in [5, 5.41) is 10.2. The van der Waals surface area contributed by atoms with Crippen LogP contribution in [-0.2, 0) is 4.74 Å². The number of aromatic nitrogens is 4. The van der Waals surface area contributed by atoms with Crippen molar-refractivity contribution in [3.63, 3.8) is 0 Å². The summed E-state index contributed by atoms with van der Waals surface area (Å²) in [4.78, 5) is 19.9. The minimum absolute atomic E-state index is 0.158. The Morgan fingerprint density at radius 1 is 1.21 bits per heavy atom. The number of H-pyrrole nitrogens is 1. The normalized spacial score (nSPS) is 15.3. The fourth-order valence-electron chi connectivity index (χ4n) is 3.73. The number of hydrogen-bond donors (Lipinski definition) is 2. The largest absolute Gasteiger partial charge is 0.379 e. The lowest BCUT2D eigenvalue weighted by Gasteiger charge is -2.26. The van der Waals surface area contributed by atoms with Crippen LogP contribution in [0.2, 0.25) is 0 Å². The van der Waals surface area contributed by atoms with Gasteiger partial charge in [0.2, 0.25) is 5.65 Å². The van der Waals surface area contributed by atoms with Gasteiger partial charge in [0, 0.05) is 25.2 Å². The number of aromatic amines is 1. The number of nitrogens with zero attached hydrogens (tertiary/aromatic N) is 4. The van der Waals surface area contributed by atoms with Gasteiger partial charge in [-0.15, -0.1) is 5.10 Å². The number of benzene rings is 1. The Balaban J connectivity index is 1.62. The molecule has 8 heteroatoms. The molecule has 2 aromatic heterocycles. The van der Waals surface area contributed by atoms with Gasteiger partial charge in [-0.25, -0.2) is 19.3 Å². The fraction of sp³-hybridized carbons (Fsp3) is 0.476. The number of anilines is 1. The van der Waals surface area contributed by atoms with Gasteiger partial charge in [0.1, 0.15) is 0 Å². The summed E-state index contributed by atoms with van der Waals surface area (Å²) in [7, 11) is 0. The minimum atomic E-state index is -0.250. The van der Waals surface area contributed by atoms with E-state index in [4.69, 9.17) is 9.72 Å². The third-order valence-corrected chi connectivity index (χ3v) is 5.22. The molecule has 1 aliphatic rings. The van der Waals surface area contributed by atoms with Crippen molar-refractivity contribution in [3.8, 4) is 11.3 Å². The molecule has 0 aliphatic carbocycles. The van der Waals surface area contributed by atoms with Gasteiger partial charge in [-0.3, -0.25) is 4.90 Å². The van der Waals surface area contributed by atoms with E-state index in [0.717, 1.165) is 62.8 Å². The van der Waals surface area contributed by atoms with Gasteiger partial charge in [-0.2, -0.15) is 0 Å². The molecule has 0 amide bonds. The van der Waals surface area contributed by atoms with Crippen molar-refractivity contribution >= 4 is 11.5 Å². The number of hydrogen-bond acceptors (Lipinski definition) is 6. The summed E-state index contributed by atoms with van der Waals surface area (Å²) in [6.45, 7) is 9.56. The molecule has 0 saturated carbocycles. The van der Waals surface area contributed by atoms with Crippen LogP contribution in [0.25, 0.3) is 16.9 Å². The summed E-state index contributed by atoms with van der Waals surface area (Å²) in [6.07, 6.45) is 0.986. The number of nitrogens with one attached hydrogen (secondary N) is 2. The highest BCUT2D eigenvalue weighted by Gasteiger charge is 2.20. The van der Waals surface area contributed by atoms with Crippen LogP contribution in [0, 0.1) is 0 Å². The standard InChI is InChI=1S/C21H28N6O2/c1-15(2)17-18(16-7-4-3-5-8-16)27-20(24-25-21(27)28)19(23-17)22-9-6-10-26-11-13-29-14-12-26/h3-5,7-8,15H,6,9-14H2,1-2H3,(H,22,23)(H,25,28). The Hall–Kier alpha value is -2.71. The Bertz CT molecular complexity index is 1010. The Morgan fingerprint density at radius 2 is 1.97 bits per heavy atom. The quantitative estimate of drug-likeness (QED) is 0.596. The minimum Gasteiger partial charge on any atom is -0.379 e. The van der Waals surface area contributed by atoms with Gasteiger partial charge in [-0.05, 0) is 18.9 Å². The average Bonchev–Trinajstić information content (AvgIpc) is 3.14. The van der Waals surface area contributed by atoms with Crippen molar-refractivity contribution in [3.05, 3.63) is 46.5 Å². The van der Waals surface area contributed by atoms with Gasteiger partial charge in [0.05, 0.1) is 24.6 Å². The molecule has 2 N–H and O–H groups in total. The van der Waals surface area contributed by atoms with E-state index in [-0.39, 0.29) is 11.6 Å². The van der Waals surface area contributed by atoms with Crippen molar-refractivity contribution in [2.24, 2.45) is 0 Å². The molecule has 3 aromatic rings. The lowest BCUT2D eigenvalue weighted by molar-refractivity contribution is 0.0378. The predicted octanol–water partition coefficient (Wildman–Crippen LogP) is 2.34. The molecular weight excluding hydrogens is 368 g/mol. The maximum atomic E-state index is 12.6. The predicted molar refractivity (Wildman–Crippen MR) is 113 cm³/mol. The van der Waals surface area contributed by atoms with Crippen LogP contribution in [0.1, 0.15) is 31.9 Å². The molecule has 1 saturated heterocycles. The van der Waals surface area contributed by atoms with E-state index >= 15 is 0 Å². The maximum Gasteiger partial charge on any atom is 0.348 e. The smallest absolute Gasteiger partial charge is 0.348 e. The second kappa shape index (κ2) is 8.75. The van der Waals surface area contributed by atoms with Gasteiger partial charge >= 0.3 is 5.69 Å². The van der Waals surface area contributed by atoms with E-state index in [2.05, 4.69) is 34.3 Å². The molecule has 1 aliphatic heterocycles. The first-order chi connectivity index (χ1) is 14.1. The van der Waals surface area contributed by atoms with Gasteiger partial charge < -0.3 is 10.1 Å². The van der Waals surface area contributed by atoms with Crippen LogP contribution in [0.15, 0.2) is 35.1 Å². The third kappa shape index (κ3) is 4.18. The first-order valence-electron chi connectivity index (χ1n) is 10.3. The summed E-state index contributed by atoms with van der Waals surface area (Å²) in [6, 6.07) is 9.89. The summed E-state index contributed by atoms with van der Waals surface area (Å²) < 4.78 is 7.04. The zero-order chi connectivity index (χ0) is 20.2. The fourth-order valence-corrected chi connectivity index (χ4v) is 3.73. The highest BCUT2D eigenvalue weighted by Crippen LogP contribution is 2.30. The zero-order valence-electron chi connectivity index (χ0n) is 17.0. The first kappa shape index (κ1) is 19.6. The molecule has 1 aromatic carbocycles. The van der Waals surface area contributed by atoms with Gasteiger partial charge in [0.15, 0.2) is 5.82 Å². The molecule has 0 radical (unpaired) electrons. The van der Waals surface area contributed by atoms with Crippen molar-refractivity contribution in [1.82, 2.24) is 24.5 Å². The molecule has 0 unspecified atom stereocenters. The molecule has 8 nitrogen and oxygen atoms in total. The molecule has 1 fully saturated rings. The van der Waals surface area contributed by atoms with Crippen LogP contribution in [-0.4, -0.2) is 63.9 Å². The van der Waals surface area contributed by atoms with Crippen molar-refractivity contribution in [2.75, 3.05) is 44.7 Å². The number of rotatable bonds is 7. The average molecular weight is 396 g/mol. The van der Waals surface area contributed by atoms with Crippen molar-refractivity contribution < 1.29 is 4.74 Å². The molecule has 29 heavy (non-hydrogen) atoms. The number of morpholine rings is 1. The lowest BCUT2D eigenvalue weighted by Crippen LogP contribution is -2.37. The number of ether oxygens (including phenoxy) is 1. The molecule has 154 valence electrons. The summed E-state index contributed by atoms with van der Waals surface area (Å²) in [5.41, 5.74) is 2.91. The highest BCUT2D eigenvalue weighted by atomic mass is 16.5. The van der Waals surface area contributed by atoms with Gasteiger partial charge in [-0.1, -0.05) is 44.2 Å². The van der Waals surface area contributed by atoms with Crippen LogP contribution in [0.5, 0.6) is 0 Å². The first-order valence-corrected chi connectivity index (χ1v) is 10.3. The molecule has 4 rings (SSSR count). The molecule has 3 heterocycles. The van der Waals surface area contributed by atoms with Crippen LogP contribution in [0.4, 0.5) is 5.82 Å². The third-order valence-electron chi connectivity index (χ3n) is 5.22. The van der Waals surface area contributed by atoms with E-state index in [1.807, 2.05) is 30.3 Å². The molecule has 0 spiro atoms. The molecule has 0 bridgehead atoms. The Morgan fingerprint density at radius 3 is 2.69 bits per heavy atom. The second-order valence-electron chi connectivity index (χ2n) is 7.64. The monoisotopic (exact) mass is 396 g/mol. The van der Waals surface area contributed by atoms with E-state index in [0.29, 0.717) is 11.5 Å². The second-order valence-corrected chi connectivity index (χ2v) is 7.64. The van der Waals surface area contributed by atoms with E-state index in [1.165, 1.54) is 0 Å². The summed E-state index contributed by atoms with van der Waals surface area (Å²) in [5.74, 6) is 0.805. The van der Waals surface area contributed by atoms with E-state index in [1.54, 1.807) is 4.40 Å². The van der Waals surface area contributed by atoms with Crippen LogP contribution >= 0.6 is 0 Å². The van der Waals surface area contributed by atoms with E-state index in [9.17, 15) is 4.79 Å². The van der Waals surface area contributed by atoms with Crippen molar-refractivity contribution in [1.29, 1.82) is 0 Å². The summed E-state index contributed by atoms with van der Waals surface area (Å²) >= 11 is 0.